The van der Waals surface area contributed by atoms with E-state index < -0.39 is 11.6 Å². The molecule has 0 aliphatic carbocycles. The lowest BCUT2D eigenvalue weighted by molar-refractivity contribution is 0.502. The van der Waals surface area contributed by atoms with E-state index in [0.717, 1.165) is 6.07 Å². The molecule has 0 radical (unpaired) electrons. The van der Waals surface area contributed by atoms with Gasteiger partial charge in [0, 0.05) is 0 Å². The lowest BCUT2D eigenvalue weighted by Gasteiger charge is -2.00. The van der Waals surface area contributed by atoms with Crippen LogP contribution in [0.2, 0.25) is 0 Å². The molecule has 1 rings (SSSR count). The highest BCUT2D eigenvalue weighted by molar-refractivity contribution is 14.1. The van der Waals surface area contributed by atoms with Crippen LogP contribution in [0.3, 0.4) is 0 Å². The van der Waals surface area contributed by atoms with Gasteiger partial charge >= 0.3 is 0 Å². The number of nitriles is 1. The Kier molecular flexibility index (Phi) is 2.98. The van der Waals surface area contributed by atoms with Crippen molar-refractivity contribution in [3.8, 4) is 6.07 Å². The van der Waals surface area contributed by atoms with Crippen molar-refractivity contribution in [3.63, 3.8) is 0 Å². The summed E-state index contributed by atoms with van der Waals surface area (Å²) in [6, 6.07) is 4.33. The van der Waals surface area contributed by atoms with Crippen LogP contribution in [-0.2, 0) is 6.42 Å². The van der Waals surface area contributed by atoms with Gasteiger partial charge in [-0.15, -0.1) is 0 Å². The fourth-order valence-electron chi connectivity index (χ4n) is 0.788. The van der Waals surface area contributed by atoms with Crippen LogP contribution in [0.1, 0.15) is 5.56 Å². The first-order chi connectivity index (χ1) is 5.66. The van der Waals surface area contributed by atoms with Gasteiger partial charge in [-0.05, 0) is 34.2 Å². The zero-order valence-electron chi connectivity index (χ0n) is 5.94. The monoisotopic (exact) mass is 279 g/mol. The van der Waals surface area contributed by atoms with Crippen molar-refractivity contribution >= 4 is 22.6 Å². The Bertz CT molecular complexity index is 344. The summed E-state index contributed by atoms with van der Waals surface area (Å²) in [6.07, 6.45) is 0.107. The molecule has 0 fully saturated rings. The minimum absolute atomic E-state index is 0.107. The van der Waals surface area contributed by atoms with Crippen LogP contribution in [0.25, 0.3) is 0 Å². The summed E-state index contributed by atoms with van der Waals surface area (Å²) >= 11 is 1.69. The molecule has 0 unspecified atom stereocenters. The molecule has 1 aromatic carbocycles. The molecule has 1 aromatic rings. The number of nitrogens with zero attached hydrogens (tertiary/aromatic N) is 1. The van der Waals surface area contributed by atoms with Gasteiger partial charge in [0.25, 0.3) is 0 Å². The number of halogens is 3. The fraction of sp³-hybridized carbons (Fsp3) is 0.125. The summed E-state index contributed by atoms with van der Waals surface area (Å²) in [7, 11) is 0. The Morgan fingerprint density at radius 2 is 2.08 bits per heavy atom. The topological polar surface area (TPSA) is 23.8 Å². The lowest BCUT2D eigenvalue weighted by Crippen LogP contribution is -1.94. The molecule has 62 valence electrons. The molecule has 0 atom stereocenters. The molecule has 0 aromatic heterocycles. The van der Waals surface area contributed by atoms with Crippen molar-refractivity contribution in [2.24, 2.45) is 0 Å². The molecule has 4 heteroatoms. The summed E-state index contributed by atoms with van der Waals surface area (Å²) in [5.74, 6) is -1.75. The fourth-order valence-corrected chi connectivity index (χ4v) is 1.42. The van der Waals surface area contributed by atoms with Crippen molar-refractivity contribution in [2.75, 3.05) is 0 Å². The third-order valence-corrected chi connectivity index (χ3v) is 2.55. The highest BCUT2D eigenvalue weighted by atomic mass is 127. The molecule has 0 bridgehead atoms. The Hall–Kier alpha value is -0.700. The van der Waals surface area contributed by atoms with Crippen LogP contribution in [0, 0.1) is 26.5 Å². The minimum Gasteiger partial charge on any atom is -0.204 e. The zero-order valence-corrected chi connectivity index (χ0v) is 8.10. The van der Waals surface area contributed by atoms with Crippen molar-refractivity contribution in [2.45, 2.75) is 6.42 Å². The Balaban J connectivity index is 3.19. The normalized spacial score (nSPS) is 9.50. The smallest absolute Gasteiger partial charge is 0.172 e. The van der Waals surface area contributed by atoms with E-state index in [-0.39, 0.29) is 9.99 Å². The van der Waals surface area contributed by atoms with Gasteiger partial charge in [0.05, 0.1) is 16.1 Å². The van der Waals surface area contributed by atoms with Crippen molar-refractivity contribution in [3.05, 3.63) is 32.9 Å². The van der Waals surface area contributed by atoms with Gasteiger partial charge in [0.2, 0.25) is 0 Å². The average molecular weight is 279 g/mol. The maximum absolute atomic E-state index is 12.8. The van der Waals surface area contributed by atoms with E-state index in [2.05, 4.69) is 0 Å². The van der Waals surface area contributed by atoms with Crippen LogP contribution in [0.15, 0.2) is 12.1 Å². The highest BCUT2D eigenvalue weighted by Crippen LogP contribution is 2.19. The first kappa shape index (κ1) is 9.39. The summed E-state index contributed by atoms with van der Waals surface area (Å²) < 4.78 is 25.5. The summed E-state index contributed by atoms with van der Waals surface area (Å²) in [5, 5.41) is 8.33. The second-order valence-electron chi connectivity index (χ2n) is 2.17. The molecule has 0 N–H and O–H groups in total. The van der Waals surface area contributed by atoms with Gasteiger partial charge in [-0.2, -0.15) is 5.26 Å². The third kappa shape index (κ3) is 1.72. The number of hydrogen-bond acceptors (Lipinski definition) is 1. The molecule has 0 spiro atoms. The van der Waals surface area contributed by atoms with E-state index in [9.17, 15) is 8.78 Å². The van der Waals surface area contributed by atoms with E-state index in [1.54, 1.807) is 22.6 Å². The minimum atomic E-state index is -0.874. The van der Waals surface area contributed by atoms with Crippen molar-refractivity contribution in [1.29, 1.82) is 5.26 Å². The first-order valence-electron chi connectivity index (χ1n) is 3.16. The molecule has 0 aliphatic heterocycles. The van der Waals surface area contributed by atoms with Crippen LogP contribution in [0.5, 0.6) is 0 Å². The van der Waals surface area contributed by atoms with Gasteiger partial charge in [0.15, 0.2) is 11.6 Å². The van der Waals surface area contributed by atoms with Crippen LogP contribution >= 0.6 is 22.6 Å². The van der Waals surface area contributed by atoms with Gasteiger partial charge in [-0.1, -0.05) is 6.07 Å². The van der Waals surface area contributed by atoms with Crippen LogP contribution in [-0.4, -0.2) is 0 Å². The predicted molar refractivity (Wildman–Crippen MR) is 48.4 cm³/mol. The first-order valence-corrected chi connectivity index (χ1v) is 4.24. The van der Waals surface area contributed by atoms with Crippen LogP contribution < -0.4 is 0 Å². The van der Waals surface area contributed by atoms with E-state index in [1.807, 2.05) is 6.07 Å². The highest BCUT2D eigenvalue weighted by Gasteiger charge is 2.09. The van der Waals surface area contributed by atoms with Crippen LogP contribution in [0.4, 0.5) is 8.78 Å². The Morgan fingerprint density at radius 1 is 1.42 bits per heavy atom. The van der Waals surface area contributed by atoms with E-state index >= 15 is 0 Å². The molecule has 12 heavy (non-hydrogen) atoms. The molecule has 0 aliphatic rings. The maximum Gasteiger partial charge on any atom is 0.172 e. The molecule has 0 saturated heterocycles. The Morgan fingerprint density at radius 3 is 2.67 bits per heavy atom. The van der Waals surface area contributed by atoms with E-state index in [1.165, 1.54) is 6.07 Å². The second-order valence-corrected chi connectivity index (χ2v) is 3.25. The molecule has 1 nitrogen and oxygen atoms in total. The SMILES string of the molecule is N#CCc1ccc(F)c(F)c1I. The van der Waals surface area contributed by atoms with Crippen molar-refractivity contribution in [1.82, 2.24) is 0 Å². The second kappa shape index (κ2) is 3.81. The number of benzene rings is 1. The maximum atomic E-state index is 12.8. The molecular formula is C8H4F2IN. The van der Waals surface area contributed by atoms with Gasteiger partial charge in [-0.25, -0.2) is 8.78 Å². The number of rotatable bonds is 1. The van der Waals surface area contributed by atoms with Crippen molar-refractivity contribution < 1.29 is 8.78 Å². The average Bonchev–Trinajstić information content (AvgIpc) is 2.07. The molecule has 0 saturated carbocycles. The predicted octanol–water partition coefficient (Wildman–Crippen LogP) is 2.64. The lowest BCUT2D eigenvalue weighted by atomic mass is 10.1. The zero-order chi connectivity index (χ0) is 9.14. The number of hydrogen-bond donors (Lipinski definition) is 0. The third-order valence-electron chi connectivity index (χ3n) is 1.38. The standard InChI is InChI=1S/C8H4F2IN/c9-6-2-1-5(3-4-12)8(11)7(6)10/h1-2H,3H2. The summed E-state index contributed by atoms with van der Waals surface area (Å²) in [6.45, 7) is 0. The van der Waals surface area contributed by atoms with Gasteiger partial charge < -0.3 is 0 Å². The summed E-state index contributed by atoms with van der Waals surface area (Å²) in [4.78, 5) is 0. The van der Waals surface area contributed by atoms with E-state index in [4.69, 9.17) is 5.26 Å². The molecule has 0 heterocycles. The molecule has 0 amide bonds. The largest absolute Gasteiger partial charge is 0.204 e. The quantitative estimate of drug-likeness (QED) is 0.572. The van der Waals surface area contributed by atoms with Gasteiger partial charge in [0.1, 0.15) is 0 Å². The van der Waals surface area contributed by atoms with Gasteiger partial charge in [-0.3, -0.25) is 0 Å². The van der Waals surface area contributed by atoms with E-state index in [0.29, 0.717) is 5.56 Å². The Labute approximate surface area is 82.1 Å². The molecular weight excluding hydrogens is 275 g/mol. The summed E-state index contributed by atoms with van der Waals surface area (Å²) in [5.41, 5.74) is 0.525.